The summed E-state index contributed by atoms with van der Waals surface area (Å²) in [4.78, 5) is 0. The molecule has 0 bridgehead atoms. The van der Waals surface area contributed by atoms with Crippen LogP contribution in [-0.4, -0.2) is 10.9 Å². The molecule has 1 nitrogen and oxygen atoms in total. The molecule has 1 aromatic carbocycles. The molecule has 2 heteroatoms. The Hall–Kier alpha value is -0.470. The highest BCUT2D eigenvalue weighted by Crippen LogP contribution is 2.22. The van der Waals surface area contributed by atoms with Gasteiger partial charge < -0.3 is 5.11 Å². The fraction of sp³-hybridized carbons (Fsp3) is 0.455. The SMILES string of the molecule is Cc1cc(C)c(C(O)CS)cc1C. The zero-order valence-electron chi connectivity index (χ0n) is 8.33. The summed E-state index contributed by atoms with van der Waals surface area (Å²) in [6.07, 6.45) is -0.442. The van der Waals surface area contributed by atoms with Crippen molar-refractivity contribution in [1.29, 1.82) is 0 Å². The molecule has 13 heavy (non-hydrogen) atoms. The Labute approximate surface area is 85.2 Å². The highest BCUT2D eigenvalue weighted by molar-refractivity contribution is 7.80. The number of aliphatic hydroxyl groups is 1. The van der Waals surface area contributed by atoms with Gasteiger partial charge in [-0.1, -0.05) is 12.1 Å². The van der Waals surface area contributed by atoms with E-state index in [2.05, 4.69) is 32.5 Å². The Balaban J connectivity index is 3.15. The highest BCUT2D eigenvalue weighted by Gasteiger charge is 2.09. The van der Waals surface area contributed by atoms with Crippen LogP contribution >= 0.6 is 12.6 Å². The maximum Gasteiger partial charge on any atom is 0.0880 e. The molecule has 0 fully saturated rings. The van der Waals surface area contributed by atoms with Crippen molar-refractivity contribution in [2.24, 2.45) is 0 Å². The molecule has 1 atom stereocenters. The van der Waals surface area contributed by atoms with Gasteiger partial charge in [0.05, 0.1) is 6.10 Å². The van der Waals surface area contributed by atoms with E-state index in [0.717, 1.165) is 11.1 Å². The lowest BCUT2D eigenvalue weighted by molar-refractivity contribution is 0.203. The van der Waals surface area contributed by atoms with Gasteiger partial charge in [0.1, 0.15) is 0 Å². The minimum Gasteiger partial charge on any atom is -0.388 e. The Morgan fingerprint density at radius 2 is 1.69 bits per heavy atom. The van der Waals surface area contributed by atoms with Gasteiger partial charge >= 0.3 is 0 Å². The summed E-state index contributed by atoms with van der Waals surface area (Å²) in [6, 6.07) is 4.16. The number of rotatable bonds is 2. The van der Waals surface area contributed by atoms with E-state index >= 15 is 0 Å². The second-order valence-electron chi connectivity index (χ2n) is 3.49. The van der Waals surface area contributed by atoms with Crippen molar-refractivity contribution in [2.45, 2.75) is 26.9 Å². The summed E-state index contributed by atoms with van der Waals surface area (Å²) in [5, 5.41) is 9.65. The maximum atomic E-state index is 9.65. The fourth-order valence-electron chi connectivity index (χ4n) is 1.44. The number of hydrogen-bond donors (Lipinski definition) is 2. The molecule has 0 amide bonds. The molecule has 1 rings (SSSR count). The van der Waals surface area contributed by atoms with Gasteiger partial charge in [0.25, 0.3) is 0 Å². The zero-order chi connectivity index (χ0) is 10.0. The van der Waals surface area contributed by atoms with Crippen LogP contribution in [0.25, 0.3) is 0 Å². The Morgan fingerprint density at radius 1 is 1.15 bits per heavy atom. The molecule has 0 aromatic heterocycles. The van der Waals surface area contributed by atoms with Crippen LogP contribution in [0, 0.1) is 20.8 Å². The first-order valence-corrected chi connectivity index (χ1v) is 5.06. The van der Waals surface area contributed by atoms with Crippen molar-refractivity contribution in [3.63, 3.8) is 0 Å². The third-order valence-electron chi connectivity index (χ3n) is 2.41. The van der Waals surface area contributed by atoms with Crippen LogP contribution < -0.4 is 0 Å². The lowest BCUT2D eigenvalue weighted by Crippen LogP contribution is -2.02. The van der Waals surface area contributed by atoms with E-state index in [1.165, 1.54) is 11.1 Å². The monoisotopic (exact) mass is 196 g/mol. The van der Waals surface area contributed by atoms with Crippen LogP contribution in [0.5, 0.6) is 0 Å². The topological polar surface area (TPSA) is 20.2 Å². The molecule has 0 aliphatic carbocycles. The molecule has 0 aliphatic rings. The molecule has 1 aromatic rings. The molecule has 0 saturated heterocycles. The fourth-order valence-corrected chi connectivity index (χ4v) is 1.64. The minimum absolute atomic E-state index is 0.442. The molecule has 1 unspecified atom stereocenters. The van der Waals surface area contributed by atoms with Gasteiger partial charge in [-0.15, -0.1) is 0 Å². The Morgan fingerprint density at radius 3 is 2.23 bits per heavy atom. The first-order chi connectivity index (χ1) is 6.06. The van der Waals surface area contributed by atoms with Crippen LogP contribution in [0.4, 0.5) is 0 Å². The summed E-state index contributed by atoms with van der Waals surface area (Å²) < 4.78 is 0. The predicted octanol–water partition coefficient (Wildman–Crippen LogP) is 2.58. The summed E-state index contributed by atoms with van der Waals surface area (Å²) in [7, 11) is 0. The Kier molecular flexibility index (Phi) is 3.40. The third kappa shape index (κ3) is 2.26. The largest absolute Gasteiger partial charge is 0.388 e. The van der Waals surface area contributed by atoms with Crippen LogP contribution in [0.15, 0.2) is 12.1 Å². The van der Waals surface area contributed by atoms with E-state index in [0.29, 0.717) is 5.75 Å². The standard InChI is InChI=1S/C11H16OS/c1-7-4-9(3)10(5-8(7)2)11(12)6-13/h4-5,11-13H,6H2,1-3H3. The van der Waals surface area contributed by atoms with Crippen molar-refractivity contribution in [3.05, 3.63) is 34.4 Å². The van der Waals surface area contributed by atoms with Gasteiger partial charge in [-0.2, -0.15) is 12.6 Å². The van der Waals surface area contributed by atoms with Crippen LogP contribution in [0.1, 0.15) is 28.4 Å². The van der Waals surface area contributed by atoms with Crippen LogP contribution in [0.3, 0.4) is 0 Å². The number of hydrogen-bond acceptors (Lipinski definition) is 2. The average molecular weight is 196 g/mol. The normalized spacial score (nSPS) is 13.0. The second kappa shape index (κ2) is 4.16. The Bertz CT molecular complexity index is 307. The molecule has 0 heterocycles. The van der Waals surface area contributed by atoms with Gasteiger partial charge in [0.15, 0.2) is 0 Å². The number of thiol groups is 1. The predicted molar refractivity (Wildman–Crippen MR) is 59.5 cm³/mol. The van der Waals surface area contributed by atoms with Crippen LogP contribution in [0.2, 0.25) is 0 Å². The third-order valence-corrected chi connectivity index (χ3v) is 2.76. The van der Waals surface area contributed by atoms with E-state index in [1.807, 2.05) is 13.0 Å². The number of benzene rings is 1. The van der Waals surface area contributed by atoms with E-state index in [9.17, 15) is 5.11 Å². The van der Waals surface area contributed by atoms with E-state index in [1.54, 1.807) is 0 Å². The molecular formula is C11H16OS. The van der Waals surface area contributed by atoms with Crippen molar-refractivity contribution in [2.75, 3.05) is 5.75 Å². The van der Waals surface area contributed by atoms with Gasteiger partial charge in [-0.05, 0) is 43.0 Å². The molecular weight excluding hydrogens is 180 g/mol. The molecule has 0 spiro atoms. The molecule has 0 saturated carbocycles. The minimum atomic E-state index is -0.442. The van der Waals surface area contributed by atoms with Gasteiger partial charge in [-0.3, -0.25) is 0 Å². The number of aryl methyl sites for hydroxylation is 3. The van der Waals surface area contributed by atoms with Gasteiger partial charge in [0, 0.05) is 5.75 Å². The summed E-state index contributed by atoms with van der Waals surface area (Å²) in [5.74, 6) is 0.476. The smallest absolute Gasteiger partial charge is 0.0880 e. The van der Waals surface area contributed by atoms with Crippen LogP contribution in [-0.2, 0) is 0 Å². The van der Waals surface area contributed by atoms with E-state index in [-0.39, 0.29) is 0 Å². The van der Waals surface area contributed by atoms with Crippen molar-refractivity contribution >= 4 is 12.6 Å². The van der Waals surface area contributed by atoms with Crippen molar-refractivity contribution in [1.82, 2.24) is 0 Å². The quantitative estimate of drug-likeness (QED) is 0.697. The molecule has 0 aliphatic heterocycles. The van der Waals surface area contributed by atoms with E-state index < -0.39 is 6.10 Å². The summed E-state index contributed by atoms with van der Waals surface area (Å²) in [5.41, 5.74) is 4.64. The lowest BCUT2D eigenvalue weighted by Gasteiger charge is -2.13. The van der Waals surface area contributed by atoms with Crippen molar-refractivity contribution < 1.29 is 5.11 Å². The van der Waals surface area contributed by atoms with E-state index in [4.69, 9.17) is 0 Å². The zero-order valence-corrected chi connectivity index (χ0v) is 9.23. The highest BCUT2D eigenvalue weighted by atomic mass is 32.1. The molecule has 0 radical (unpaired) electrons. The first-order valence-electron chi connectivity index (χ1n) is 4.43. The van der Waals surface area contributed by atoms with Gasteiger partial charge in [0.2, 0.25) is 0 Å². The number of aliphatic hydroxyl groups excluding tert-OH is 1. The second-order valence-corrected chi connectivity index (χ2v) is 3.86. The lowest BCUT2D eigenvalue weighted by atomic mass is 9.98. The molecule has 72 valence electrons. The van der Waals surface area contributed by atoms with Gasteiger partial charge in [-0.25, -0.2) is 0 Å². The van der Waals surface area contributed by atoms with Crippen molar-refractivity contribution in [3.8, 4) is 0 Å². The summed E-state index contributed by atoms with van der Waals surface area (Å²) >= 11 is 4.08. The summed E-state index contributed by atoms with van der Waals surface area (Å²) in [6.45, 7) is 6.16. The first kappa shape index (κ1) is 10.6. The average Bonchev–Trinajstić information content (AvgIpc) is 2.10. The molecule has 1 N–H and O–H groups in total. The maximum absolute atomic E-state index is 9.65.